The van der Waals surface area contributed by atoms with Crippen LogP contribution in [0.25, 0.3) is 10.2 Å². The molecule has 0 fully saturated rings. The molecule has 0 aliphatic carbocycles. The van der Waals surface area contributed by atoms with Crippen LogP contribution in [0.3, 0.4) is 0 Å². The van der Waals surface area contributed by atoms with Crippen molar-refractivity contribution in [3.63, 3.8) is 0 Å². The number of aromatic nitrogens is 2. The monoisotopic (exact) mass is 454 g/mol. The van der Waals surface area contributed by atoms with Gasteiger partial charge in [0.15, 0.2) is 0 Å². The van der Waals surface area contributed by atoms with Gasteiger partial charge in [-0.05, 0) is 42.3 Å². The van der Waals surface area contributed by atoms with Crippen LogP contribution in [0.2, 0.25) is 5.02 Å². The third-order valence-electron chi connectivity index (χ3n) is 4.70. The molecule has 2 heterocycles. The number of carbonyl (C=O) groups is 1. The molecule has 31 heavy (non-hydrogen) atoms. The van der Waals surface area contributed by atoms with Gasteiger partial charge in [-0.1, -0.05) is 41.9 Å². The smallest absolute Gasteiger partial charge is 0.348 e. The Morgan fingerprint density at radius 2 is 1.84 bits per heavy atom. The molecule has 0 bridgehead atoms. The van der Waals surface area contributed by atoms with Crippen LogP contribution in [0, 0.1) is 6.92 Å². The third kappa shape index (κ3) is 4.78. The van der Waals surface area contributed by atoms with Crippen molar-refractivity contribution in [2.24, 2.45) is 0 Å². The Bertz CT molecular complexity index is 1270. The highest BCUT2D eigenvalue weighted by atomic mass is 35.5. The first kappa shape index (κ1) is 21.1. The SMILES string of the molecule is Cc1c(C(=O)OCCOc2ccccc2)sc2ncn(Cc3ccc(Cl)cc3)c(=O)c12. The minimum atomic E-state index is -0.485. The zero-order valence-corrected chi connectivity index (χ0v) is 18.3. The van der Waals surface area contributed by atoms with Crippen molar-refractivity contribution in [3.8, 4) is 5.75 Å². The van der Waals surface area contributed by atoms with Crippen LogP contribution in [0.1, 0.15) is 20.8 Å². The van der Waals surface area contributed by atoms with Crippen molar-refractivity contribution in [2.45, 2.75) is 13.5 Å². The van der Waals surface area contributed by atoms with Crippen molar-refractivity contribution in [2.75, 3.05) is 13.2 Å². The van der Waals surface area contributed by atoms with Gasteiger partial charge in [-0.25, -0.2) is 9.78 Å². The maximum atomic E-state index is 13.0. The second-order valence-corrected chi connectivity index (χ2v) is 8.27. The highest BCUT2D eigenvalue weighted by Gasteiger charge is 2.20. The van der Waals surface area contributed by atoms with Crippen LogP contribution in [-0.4, -0.2) is 28.7 Å². The number of benzene rings is 2. The minimum Gasteiger partial charge on any atom is -0.490 e. The Labute approximate surface area is 187 Å². The van der Waals surface area contributed by atoms with E-state index in [0.717, 1.165) is 16.9 Å². The molecule has 2 aromatic carbocycles. The summed E-state index contributed by atoms with van der Waals surface area (Å²) in [6.45, 7) is 2.46. The van der Waals surface area contributed by atoms with Gasteiger partial charge >= 0.3 is 5.97 Å². The Hall–Kier alpha value is -3.16. The van der Waals surface area contributed by atoms with Crippen LogP contribution in [0.15, 0.2) is 65.7 Å². The average Bonchev–Trinajstić information content (AvgIpc) is 3.12. The van der Waals surface area contributed by atoms with E-state index in [9.17, 15) is 9.59 Å². The summed E-state index contributed by atoms with van der Waals surface area (Å²) in [5.41, 5.74) is 1.32. The van der Waals surface area contributed by atoms with Gasteiger partial charge in [-0.3, -0.25) is 9.36 Å². The lowest BCUT2D eigenvalue weighted by Gasteiger charge is -2.07. The molecule has 4 aromatic rings. The Kier molecular flexibility index (Phi) is 6.34. The van der Waals surface area contributed by atoms with Crippen molar-refractivity contribution in [1.29, 1.82) is 0 Å². The van der Waals surface area contributed by atoms with Crippen molar-refractivity contribution < 1.29 is 14.3 Å². The molecule has 0 saturated heterocycles. The van der Waals surface area contributed by atoms with Gasteiger partial charge in [0.05, 0.1) is 18.3 Å². The second kappa shape index (κ2) is 9.32. The summed E-state index contributed by atoms with van der Waals surface area (Å²) in [6.07, 6.45) is 1.50. The van der Waals surface area contributed by atoms with Gasteiger partial charge in [0.2, 0.25) is 0 Å². The molecule has 0 saturated carbocycles. The number of ether oxygens (including phenoxy) is 2. The molecular formula is C23H19ClN2O4S. The van der Waals surface area contributed by atoms with Crippen LogP contribution in [0.4, 0.5) is 0 Å². The van der Waals surface area contributed by atoms with Crippen LogP contribution in [-0.2, 0) is 11.3 Å². The highest BCUT2D eigenvalue weighted by molar-refractivity contribution is 7.20. The van der Waals surface area contributed by atoms with Gasteiger partial charge in [-0.2, -0.15) is 0 Å². The molecule has 4 rings (SSSR count). The number of hydrogen-bond donors (Lipinski definition) is 0. The van der Waals surface area contributed by atoms with Crippen molar-refractivity contribution in [1.82, 2.24) is 9.55 Å². The van der Waals surface area contributed by atoms with Crippen LogP contribution >= 0.6 is 22.9 Å². The standard InChI is InChI=1S/C23H19ClN2O4S/c1-15-19-21(25-14-26(22(19)27)13-16-7-9-17(24)10-8-16)31-20(15)23(28)30-12-11-29-18-5-3-2-4-6-18/h2-10,14H,11-13H2,1H3. The van der Waals surface area contributed by atoms with Crippen molar-refractivity contribution >= 4 is 39.1 Å². The van der Waals surface area contributed by atoms with E-state index in [2.05, 4.69) is 4.98 Å². The van der Waals surface area contributed by atoms with E-state index in [4.69, 9.17) is 21.1 Å². The second-order valence-electron chi connectivity index (χ2n) is 6.84. The van der Waals surface area contributed by atoms with E-state index in [0.29, 0.717) is 38.0 Å². The predicted molar refractivity (Wildman–Crippen MR) is 121 cm³/mol. The van der Waals surface area contributed by atoms with Gasteiger partial charge in [-0.15, -0.1) is 11.3 Å². The van der Waals surface area contributed by atoms with Crippen LogP contribution in [0.5, 0.6) is 5.75 Å². The van der Waals surface area contributed by atoms with Gasteiger partial charge in [0.1, 0.15) is 28.7 Å². The minimum absolute atomic E-state index is 0.107. The zero-order valence-electron chi connectivity index (χ0n) is 16.7. The molecule has 6 nitrogen and oxygen atoms in total. The maximum Gasteiger partial charge on any atom is 0.348 e. The largest absolute Gasteiger partial charge is 0.490 e. The summed E-state index contributed by atoms with van der Waals surface area (Å²) < 4.78 is 12.4. The van der Waals surface area contributed by atoms with E-state index >= 15 is 0 Å². The lowest BCUT2D eigenvalue weighted by atomic mass is 10.2. The number of nitrogens with zero attached hydrogens (tertiary/aromatic N) is 2. The third-order valence-corrected chi connectivity index (χ3v) is 6.13. The molecule has 2 aromatic heterocycles. The zero-order chi connectivity index (χ0) is 21.8. The molecule has 158 valence electrons. The Balaban J connectivity index is 1.48. The topological polar surface area (TPSA) is 70.4 Å². The molecule has 8 heteroatoms. The summed E-state index contributed by atoms with van der Waals surface area (Å²) in [7, 11) is 0. The molecule has 0 aliphatic heterocycles. The van der Waals surface area contributed by atoms with Gasteiger partial charge in [0.25, 0.3) is 5.56 Å². The fourth-order valence-electron chi connectivity index (χ4n) is 3.13. The molecule has 0 aliphatic rings. The fraction of sp³-hybridized carbons (Fsp3) is 0.174. The molecule has 0 amide bonds. The molecule has 0 N–H and O–H groups in total. The number of aryl methyl sites for hydroxylation is 1. The number of fused-ring (bicyclic) bond motifs is 1. The quantitative estimate of drug-likeness (QED) is 0.299. The number of thiophene rings is 1. The number of esters is 1. The summed E-state index contributed by atoms with van der Waals surface area (Å²) in [6, 6.07) is 16.6. The Morgan fingerprint density at radius 3 is 2.58 bits per heavy atom. The van der Waals surface area contributed by atoms with E-state index in [1.54, 1.807) is 19.1 Å². The first-order chi connectivity index (χ1) is 15.0. The molecular weight excluding hydrogens is 436 g/mol. The number of hydrogen-bond acceptors (Lipinski definition) is 6. The summed E-state index contributed by atoms with van der Waals surface area (Å²) in [5.74, 6) is 0.225. The van der Waals surface area contributed by atoms with Crippen LogP contribution < -0.4 is 10.3 Å². The number of carbonyl (C=O) groups excluding carboxylic acids is 1. The predicted octanol–water partition coefficient (Wildman–Crippen LogP) is 4.70. The number of rotatable bonds is 7. The molecule has 0 atom stereocenters. The fourth-order valence-corrected chi connectivity index (χ4v) is 4.29. The average molecular weight is 455 g/mol. The maximum absolute atomic E-state index is 13.0. The first-order valence-electron chi connectivity index (χ1n) is 9.61. The summed E-state index contributed by atoms with van der Waals surface area (Å²) >= 11 is 7.08. The first-order valence-corrected chi connectivity index (χ1v) is 10.8. The lowest BCUT2D eigenvalue weighted by molar-refractivity contribution is 0.0455. The number of para-hydroxylation sites is 1. The van der Waals surface area contributed by atoms with Crippen molar-refractivity contribution in [3.05, 3.63) is 92.3 Å². The molecule has 0 spiro atoms. The van der Waals surface area contributed by atoms with E-state index in [1.165, 1.54) is 10.9 Å². The normalized spacial score (nSPS) is 10.9. The Morgan fingerprint density at radius 1 is 1.10 bits per heavy atom. The molecule has 0 unspecified atom stereocenters. The lowest BCUT2D eigenvalue weighted by Crippen LogP contribution is -2.21. The van der Waals surface area contributed by atoms with E-state index in [1.807, 2.05) is 42.5 Å². The van der Waals surface area contributed by atoms with Gasteiger partial charge < -0.3 is 9.47 Å². The highest BCUT2D eigenvalue weighted by Crippen LogP contribution is 2.27. The van der Waals surface area contributed by atoms with E-state index in [-0.39, 0.29) is 18.8 Å². The summed E-state index contributed by atoms with van der Waals surface area (Å²) in [4.78, 5) is 30.8. The number of halogens is 1. The summed E-state index contributed by atoms with van der Waals surface area (Å²) in [5, 5.41) is 1.07. The van der Waals surface area contributed by atoms with E-state index < -0.39 is 5.97 Å². The molecule has 0 radical (unpaired) electrons. The van der Waals surface area contributed by atoms with Gasteiger partial charge in [0, 0.05) is 5.02 Å².